The fraction of sp³-hybridized carbons (Fsp3) is 0.174. The van der Waals surface area contributed by atoms with Crippen LogP contribution in [-0.2, 0) is 10.0 Å². The number of amides is 1. The van der Waals surface area contributed by atoms with Gasteiger partial charge in [0.05, 0.1) is 17.7 Å². The number of para-hydroxylation sites is 1. The second-order valence-corrected chi connectivity index (χ2v) is 8.50. The second kappa shape index (κ2) is 9.00. The van der Waals surface area contributed by atoms with Gasteiger partial charge in [-0.15, -0.1) is 0 Å². The molecule has 3 aromatic rings. The maximum absolute atomic E-state index is 13.4. The Morgan fingerprint density at radius 3 is 2.40 bits per heavy atom. The summed E-state index contributed by atoms with van der Waals surface area (Å²) in [7, 11) is -2.30. The lowest BCUT2D eigenvalue weighted by Gasteiger charge is -2.24. The van der Waals surface area contributed by atoms with Crippen LogP contribution in [-0.4, -0.2) is 28.0 Å². The van der Waals surface area contributed by atoms with E-state index in [0.29, 0.717) is 22.7 Å². The number of carbonyl (C=O) groups is 1. The van der Waals surface area contributed by atoms with E-state index in [9.17, 15) is 13.2 Å². The molecule has 0 aliphatic rings. The van der Waals surface area contributed by atoms with E-state index in [-0.39, 0.29) is 17.0 Å². The summed E-state index contributed by atoms with van der Waals surface area (Å²) in [4.78, 5) is 12.9. The van der Waals surface area contributed by atoms with E-state index < -0.39 is 15.9 Å². The van der Waals surface area contributed by atoms with Crippen LogP contribution in [0.4, 0.5) is 11.4 Å². The predicted molar refractivity (Wildman–Crippen MR) is 119 cm³/mol. The van der Waals surface area contributed by atoms with Crippen molar-refractivity contribution >= 4 is 27.3 Å². The van der Waals surface area contributed by atoms with Gasteiger partial charge in [-0.1, -0.05) is 30.3 Å². The van der Waals surface area contributed by atoms with Gasteiger partial charge in [0.25, 0.3) is 15.9 Å². The van der Waals surface area contributed by atoms with Crippen molar-refractivity contribution in [2.24, 2.45) is 0 Å². The second-order valence-electron chi connectivity index (χ2n) is 6.67. The first kappa shape index (κ1) is 21.4. The Bertz CT molecular complexity index is 1140. The van der Waals surface area contributed by atoms with Gasteiger partial charge < -0.3 is 10.1 Å². The Kier molecular flexibility index (Phi) is 6.42. The number of nitrogens with one attached hydrogen (secondary N) is 1. The molecular weight excluding hydrogens is 400 g/mol. The van der Waals surface area contributed by atoms with Crippen LogP contribution in [0.1, 0.15) is 22.8 Å². The summed E-state index contributed by atoms with van der Waals surface area (Å²) in [5.41, 5.74) is 1.96. The lowest BCUT2D eigenvalue weighted by molar-refractivity contribution is 0.102. The quantitative estimate of drug-likeness (QED) is 0.607. The molecule has 0 aliphatic carbocycles. The Balaban J connectivity index is 1.95. The van der Waals surface area contributed by atoms with Crippen LogP contribution in [0.25, 0.3) is 0 Å². The van der Waals surface area contributed by atoms with Gasteiger partial charge in [-0.2, -0.15) is 0 Å². The molecule has 6 nitrogen and oxygen atoms in total. The van der Waals surface area contributed by atoms with Crippen LogP contribution in [0.15, 0.2) is 77.7 Å². The van der Waals surface area contributed by atoms with Crippen LogP contribution in [0.2, 0.25) is 0 Å². The summed E-state index contributed by atoms with van der Waals surface area (Å²) < 4.78 is 33.3. The number of sulfonamides is 1. The molecule has 0 aromatic heterocycles. The smallest absolute Gasteiger partial charge is 0.264 e. The zero-order chi connectivity index (χ0) is 21.7. The minimum absolute atomic E-state index is 0.103. The molecule has 3 rings (SSSR count). The van der Waals surface area contributed by atoms with E-state index in [1.165, 1.54) is 10.4 Å². The van der Waals surface area contributed by atoms with Crippen molar-refractivity contribution in [3.63, 3.8) is 0 Å². The molecule has 0 atom stereocenters. The average Bonchev–Trinajstić information content (AvgIpc) is 2.75. The maximum Gasteiger partial charge on any atom is 0.264 e. The van der Waals surface area contributed by atoms with Crippen LogP contribution >= 0.6 is 0 Å². The van der Waals surface area contributed by atoms with E-state index in [2.05, 4.69) is 5.32 Å². The SMILES string of the molecule is CCN(c1ccccc1)S(=O)(=O)c1cc(C(=O)Nc2cccc(OC)c2)ccc1C. The fourth-order valence-electron chi connectivity index (χ4n) is 3.13. The van der Waals surface area contributed by atoms with E-state index in [1.54, 1.807) is 81.6 Å². The molecule has 0 unspecified atom stereocenters. The van der Waals surface area contributed by atoms with Gasteiger partial charge in [-0.05, 0) is 55.8 Å². The first-order chi connectivity index (χ1) is 14.4. The van der Waals surface area contributed by atoms with Gasteiger partial charge in [0.1, 0.15) is 5.75 Å². The predicted octanol–water partition coefficient (Wildman–Crippen LogP) is 4.47. The van der Waals surface area contributed by atoms with Crippen LogP contribution in [0.5, 0.6) is 5.75 Å². The van der Waals surface area contributed by atoms with Crippen molar-refractivity contribution in [1.82, 2.24) is 0 Å². The molecule has 0 heterocycles. The minimum Gasteiger partial charge on any atom is -0.497 e. The number of carbonyl (C=O) groups excluding carboxylic acids is 1. The number of rotatable bonds is 7. The van der Waals surface area contributed by atoms with Crippen molar-refractivity contribution in [1.29, 1.82) is 0 Å². The molecule has 0 bridgehead atoms. The Labute approximate surface area is 177 Å². The molecule has 156 valence electrons. The van der Waals surface area contributed by atoms with E-state index in [4.69, 9.17) is 4.74 Å². The third-order valence-electron chi connectivity index (χ3n) is 4.68. The highest BCUT2D eigenvalue weighted by Gasteiger charge is 2.26. The molecule has 0 spiro atoms. The monoisotopic (exact) mass is 424 g/mol. The van der Waals surface area contributed by atoms with Gasteiger partial charge in [0.2, 0.25) is 0 Å². The molecule has 0 saturated carbocycles. The lowest BCUT2D eigenvalue weighted by atomic mass is 10.1. The molecule has 1 N–H and O–H groups in total. The highest BCUT2D eigenvalue weighted by atomic mass is 32.2. The number of nitrogens with zero attached hydrogens (tertiary/aromatic N) is 1. The third kappa shape index (κ3) is 4.46. The molecule has 30 heavy (non-hydrogen) atoms. The average molecular weight is 425 g/mol. The largest absolute Gasteiger partial charge is 0.497 e. The summed E-state index contributed by atoms with van der Waals surface area (Å²) in [5.74, 6) is 0.212. The summed E-state index contributed by atoms with van der Waals surface area (Å²) in [5, 5.41) is 2.78. The zero-order valence-electron chi connectivity index (χ0n) is 17.1. The number of benzene rings is 3. The van der Waals surface area contributed by atoms with Crippen molar-refractivity contribution < 1.29 is 17.9 Å². The molecule has 0 aliphatic heterocycles. The Hall–Kier alpha value is -3.32. The maximum atomic E-state index is 13.4. The lowest BCUT2D eigenvalue weighted by Crippen LogP contribution is -2.31. The topological polar surface area (TPSA) is 75.7 Å². The number of ether oxygens (including phenoxy) is 1. The van der Waals surface area contributed by atoms with Crippen molar-refractivity contribution in [3.8, 4) is 5.75 Å². The van der Waals surface area contributed by atoms with Crippen molar-refractivity contribution in [3.05, 3.63) is 83.9 Å². The Morgan fingerprint density at radius 2 is 1.73 bits per heavy atom. The zero-order valence-corrected chi connectivity index (χ0v) is 17.9. The highest BCUT2D eigenvalue weighted by Crippen LogP contribution is 2.27. The first-order valence-electron chi connectivity index (χ1n) is 9.50. The molecule has 1 amide bonds. The molecule has 3 aromatic carbocycles. The fourth-order valence-corrected chi connectivity index (χ4v) is 4.86. The van der Waals surface area contributed by atoms with Crippen molar-refractivity contribution in [2.45, 2.75) is 18.7 Å². The van der Waals surface area contributed by atoms with Crippen LogP contribution < -0.4 is 14.4 Å². The summed E-state index contributed by atoms with van der Waals surface area (Å²) in [6, 6.07) is 20.5. The van der Waals surface area contributed by atoms with Crippen molar-refractivity contribution in [2.75, 3.05) is 23.3 Å². The molecular formula is C23H24N2O4S. The summed E-state index contributed by atoms with van der Waals surface area (Å²) in [6.07, 6.45) is 0. The van der Waals surface area contributed by atoms with Gasteiger partial charge in [0.15, 0.2) is 0 Å². The first-order valence-corrected chi connectivity index (χ1v) is 10.9. The number of methoxy groups -OCH3 is 1. The van der Waals surface area contributed by atoms with Crippen LogP contribution in [0, 0.1) is 6.92 Å². The van der Waals surface area contributed by atoms with Gasteiger partial charge in [0, 0.05) is 23.9 Å². The van der Waals surface area contributed by atoms with Crippen LogP contribution in [0.3, 0.4) is 0 Å². The van der Waals surface area contributed by atoms with E-state index in [1.807, 2.05) is 6.07 Å². The number of hydrogen-bond donors (Lipinski definition) is 1. The standard InChI is InChI=1S/C23H24N2O4S/c1-4-25(20-10-6-5-7-11-20)30(27,28)22-15-18(14-13-17(22)2)23(26)24-19-9-8-12-21(16-19)29-3/h5-16H,4H2,1-3H3,(H,24,26). The van der Waals surface area contributed by atoms with Gasteiger partial charge >= 0.3 is 0 Å². The number of aryl methyl sites for hydroxylation is 1. The normalized spacial score (nSPS) is 11.0. The summed E-state index contributed by atoms with van der Waals surface area (Å²) in [6.45, 7) is 3.76. The van der Waals surface area contributed by atoms with Gasteiger partial charge in [-0.3, -0.25) is 9.10 Å². The number of hydrogen-bond acceptors (Lipinski definition) is 4. The minimum atomic E-state index is -3.84. The molecule has 0 radical (unpaired) electrons. The third-order valence-corrected chi connectivity index (χ3v) is 6.72. The Morgan fingerprint density at radius 1 is 1.00 bits per heavy atom. The van der Waals surface area contributed by atoms with E-state index in [0.717, 1.165) is 0 Å². The highest BCUT2D eigenvalue weighted by molar-refractivity contribution is 7.92. The molecule has 0 fully saturated rings. The van der Waals surface area contributed by atoms with E-state index >= 15 is 0 Å². The van der Waals surface area contributed by atoms with Gasteiger partial charge in [-0.25, -0.2) is 8.42 Å². The molecule has 7 heteroatoms. The summed E-state index contributed by atoms with van der Waals surface area (Å²) >= 11 is 0. The number of anilines is 2. The molecule has 0 saturated heterocycles.